The highest BCUT2D eigenvalue weighted by Crippen LogP contribution is 2.34. The summed E-state index contributed by atoms with van der Waals surface area (Å²) in [4.78, 5) is 31.2. The average Bonchev–Trinajstić information content (AvgIpc) is 3.64. The van der Waals surface area contributed by atoms with Crippen LogP contribution in [0.1, 0.15) is 44.0 Å². The van der Waals surface area contributed by atoms with Crippen LogP contribution in [0.4, 0.5) is 10.8 Å². The van der Waals surface area contributed by atoms with E-state index in [2.05, 4.69) is 16.0 Å². The summed E-state index contributed by atoms with van der Waals surface area (Å²) in [6.07, 6.45) is 3.16. The Labute approximate surface area is 231 Å². The van der Waals surface area contributed by atoms with Gasteiger partial charge >= 0.3 is 0 Å². The fourth-order valence-corrected chi connectivity index (χ4v) is 5.50. The average molecular weight is 561 g/mol. The van der Waals surface area contributed by atoms with E-state index in [0.717, 1.165) is 30.2 Å². The quantitative estimate of drug-likeness (QED) is 0.263. The van der Waals surface area contributed by atoms with Crippen molar-refractivity contribution >= 4 is 43.8 Å². The van der Waals surface area contributed by atoms with Crippen molar-refractivity contribution in [2.24, 2.45) is 0 Å². The SMILES string of the molecule is Cc1ccc(C(=O)NC2CC2)cc1Nc1nc(-c2ccc(S(C)(=O)=O)cc2)c(C(=O)NCc2ccccc2)s1. The molecule has 1 heterocycles. The second-order valence-electron chi connectivity index (χ2n) is 9.56. The Hall–Kier alpha value is -4.02. The maximum atomic E-state index is 13.3. The highest BCUT2D eigenvalue weighted by atomic mass is 32.2. The molecule has 1 aliphatic carbocycles. The van der Waals surface area contributed by atoms with Crippen LogP contribution in [0.15, 0.2) is 77.7 Å². The maximum Gasteiger partial charge on any atom is 0.264 e. The van der Waals surface area contributed by atoms with E-state index in [1.807, 2.05) is 43.3 Å². The molecule has 1 saturated carbocycles. The van der Waals surface area contributed by atoms with Gasteiger partial charge in [0.05, 0.1) is 10.6 Å². The molecule has 0 atom stereocenters. The van der Waals surface area contributed by atoms with E-state index in [0.29, 0.717) is 39.1 Å². The van der Waals surface area contributed by atoms with Gasteiger partial charge in [-0.25, -0.2) is 13.4 Å². The summed E-state index contributed by atoms with van der Waals surface area (Å²) in [5.41, 5.74) is 4.19. The molecule has 0 saturated heterocycles. The van der Waals surface area contributed by atoms with Crippen LogP contribution in [0.3, 0.4) is 0 Å². The molecule has 8 nitrogen and oxygen atoms in total. The second-order valence-corrected chi connectivity index (χ2v) is 12.6. The monoisotopic (exact) mass is 560 g/mol. The van der Waals surface area contributed by atoms with Crippen LogP contribution < -0.4 is 16.0 Å². The van der Waals surface area contributed by atoms with Gasteiger partial charge in [0.2, 0.25) is 0 Å². The Morgan fingerprint density at radius 3 is 2.36 bits per heavy atom. The minimum absolute atomic E-state index is 0.118. The van der Waals surface area contributed by atoms with Crippen LogP contribution in [-0.2, 0) is 16.4 Å². The lowest BCUT2D eigenvalue weighted by molar-refractivity contribution is 0.0944. The van der Waals surface area contributed by atoms with Crippen LogP contribution >= 0.6 is 11.3 Å². The molecular formula is C29H28N4O4S2. The van der Waals surface area contributed by atoms with E-state index in [-0.39, 0.29) is 22.8 Å². The van der Waals surface area contributed by atoms with E-state index in [4.69, 9.17) is 4.98 Å². The number of benzene rings is 3. The maximum absolute atomic E-state index is 13.3. The van der Waals surface area contributed by atoms with Gasteiger partial charge in [0.15, 0.2) is 15.0 Å². The molecule has 200 valence electrons. The normalized spacial score (nSPS) is 13.1. The summed E-state index contributed by atoms with van der Waals surface area (Å²) in [6.45, 7) is 2.28. The van der Waals surface area contributed by atoms with E-state index in [9.17, 15) is 18.0 Å². The summed E-state index contributed by atoms with van der Waals surface area (Å²) < 4.78 is 23.9. The first-order chi connectivity index (χ1) is 18.7. The largest absolute Gasteiger partial charge is 0.349 e. The van der Waals surface area contributed by atoms with Crippen molar-refractivity contribution < 1.29 is 18.0 Å². The van der Waals surface area contributed by atoms with Crippen molar-refractivity contribution in [3.8, 4) is 11.3 Å². The van der Waals surface area contributed by atoms with E-state index < -0.39 is 9.84 Å². The lowest BCUT2D eigenvalue weighted by atomic mass is 10.1. The molecule has 4 aromatic rings. The molecule has 0 unspecified atom stereocenters. The number of nitrogens with one attached hydrogen (secondary N) is 3. The summed E-state index contributed by atoms with van der Waals surface area (Å²) in [5, 5.41) is 9.71. The van der Waals surface area contributed by atoms with E-state index >= 15 is 0 Å². The van der Waals surface area contributed by atoms with Crippen LogP contribution in [-0.4, -0.2) is 37.5 Å². The third kappa shape index (κ3) is 6.52. The molecule has 0 radical (unpaired) electrons. The van der Waals surface area contributed by atoms with Gasteiger partial charge in [0.25, 0.3) is 11.8 Å². The standard InChI is InChI=1S/C29H28N4O4S2/c1-18-8-9-21(27(34)31-22-12-13-22)16-24(18)32-29-33-25(20-10-14-23(15-11-20)39(2,36)37)26(38-29)28(35)30-17-19-6-4-3-5-7-19/h3-11,14-16,22H,12-13,17H2,1-2H3,(H,30,35)(H,31,34)(H,32,33). The minimum Gasteiger partial charge on any atom is -0.349 e. The Kier molecular flexibility index (Phi) is 7.49. The molecule has 3 aromatic carbocycles. The molecule has 2 amide bonds. The van der Waals surface area contributed by atoms with Gasteiger partial charge < -0.3 is 16.0 Å². The molecular weight excluding hydrogens is 532 g/mol. The fourth-order valence-electron chi connectivity index (χ4n) is 3.95. The molecule has 0 spiro atoms. The molecule has 39 heavy (non-hydrogen) atoms. The fraction of sp³-hybridized carbons (Fsp3) is 0.207. The smallest absolute Gasteiger partial charge is 0.264 e. The first-order valence-corrected chi connectivity index (χ1v) is 15.2. The Morgan fingerprint density at radius 1 is 0.974 bits per heavy atom. The van der Waals surface area contributed by atoms with Gasteiger partial charge in [-0.3, -0.25) is 9.59 Å². The molecule has 10 heteroatoms. The summed E-state index contributed by atoms with van der Waals surface area (Å²) in [6, 6.07) is 21.6. The molecule has 3 N–H and O–H groups in total. The number of aryl methyl sites for hydroxylation is 1. The molecule has 0 bridgehead atoms. The second kappa shape index (κ2) is 11.0. The molecule has 1 aromatic heterocycles. The van der Waals surface area contributed by atoms with Crippen molar-refractivity contribution in [2.45, 2.75) is 37.2 Å². The summed E-state index contributed by atoms with van der Waals surface area (Å²) >= 11 is 1.19. The summed E-state index contributed by atoms with van der Waals surface area (Å²) in [7, 11) is -3.36. The first-order valence-electron chi connectivity index (χ1n) is 12.5. The van der Waals surface area contributed by atoms with Crippen molar-refractivity contribution in [3.05, 3.63) is 94.4 Å². The van der Waals surface area contributed by atoms with Gasteiger partial charge in [0.1, 0.15) is 4.88 Å². The Bertz CT molecular complexity index is 1630. The van der Waals surface area contributed by atoms with Crippen molar-refractivity contribution in [2.75, 3.05) is 11.6 Å². The predicted molar refractivity (Wildman–Crippen MR) is 153 cm³/mol. The van der Waals surface area contributed by atoms with Crippen LogP contribution in [0, 0.1) is 6.92 Å². The Balaban J connectivity index is 1.45. The predicted octanol–water partition coefficient (Wildman–Crippen LogP) is 5.09. The van der Waals surface area contributed by atoms with E-state index in [1.54, 1.807) is 24.3 Å². The minimum atomic E-state index is -3.36. The van der Waals surface area contributed by atoms with Gasteiger partial charge in [-0.15, -0.1) is 0 Å². The van der Waals surface area contributed by atoms with E-state index in [1.165, 1.54) is 23.5 Å². The highest BCUT2D eigenvalue weighted by molar-refractivity contribution is 7.90. The van der Waals surface area contributed by atoms with Gasteiger partial charge in [-0.2, -0.15) is 0 Å². The number of thiazole rings is 1. The number of anilines is 2. The lowest BCUT2D eigenvalue weighted by Crippen LogP contribution is -2.25. The number of sulfone groups is 1. The van der Waals surface area contributed by atoms with Gasteiger partial charge in [-0.05, 0) is 55.2 Å². The molecule has 0 aliphatic heterocycles. The van der Waals surface area contributed by atoms with Gasteiger partial charge in [0, 0.05) is 35.7 Å². The number of rotatable bonds is 9. The highest BCUT2D eigenvalue weighted by Gasteiger charge is 2.24. The number of carbonyl (C=O) groups excluding carboxylic acids is 2. The third-order valence-corrected chi connectivity index (χ3v) is 8.44. The van der Waals surface area contributed by atoms with Crippen molar-refractivity contribution in [1.29, 1.82) is 0 Å². The van der Waals surface area contributed by atoms with Crippen molar-refractivity contribution in [3.63, 3.8) is 0 Å². The first kappa shape index (κ1) is 26.6. The lowest BCUT2D eigenvalue weighted by Gasteiger charge is -2.10. The number of hydrogen-bond donors (Lipinski definition) is 3. The zero-order valence-electron chi connectivity index (χ0n) is 21.5. The number of nitrogens with zero attached hydrogens (tertiary/aromatic N) is 1. The molecule has 1 aliphatic rings. The third-order valence-electron chi connectivity index (χ3n) is 6.34. The number of amides is 2. The number of hydrogen-bond acceptors (Lipinski definition) is 7. The zero-order valence-corrected chi connectivity index (χ0v) is 23.2. The molecule has 5 rings (SSSR count). The number of carbonyl (C=O) groups is 2. The zero-order chi connectivity index (χ0) is 27.6. The van der Waals surface area contributed by atoms with Crippen LogP contribution in [0.5, 0.6) is 0 Å². The summed E-state index contributed by atoms with van der Waals surface area (Å²) in [5.74, 6) is -0.409. The van der Waals surface area contributed by atoms with Crippen LogP contribution in [0.2, 0.25) is 0 Å². The van der Waals surface area contributed by atoms with Crippen molar-refractivity contribution in [1.82, 2.24) is 15.6 Å². The Morgan fingerprint density at radius 2 is 1.69 bits per heavy atom. The molecule has 1 fully saturated rings. The topological polar surface area (TPSA) is 117 Å². The van der Waals surface area contributed by atoms with Crippen LogP contribution in [0.25, 0.3) is 11.3 Å². The number of aromatic nitrogens is 1. The van der Waals surface area contributed by atoms with Gasteiger partial charge in [-0.1, -0.05) is 59.9 Å².